The Balaban J connectivity index is 1.97. The van der Waals surface area contributed by atoms with E-state index in [1.54, 1.807) is 11.8 Å². The third-order valence-electron chi connectivity index (χ3n) is 2.59. The number of aromatic nitrogens is 4. The number of hydrogen-bond donors (Lipinski definition) is 1. The Kier molecular flexibility index (Phi) is 5.96. The fourth-order valence-corrected chi connectivity index (χ4v) is 2.95. The van der Waals surface area contributed by atoms with Gasteiger partial charge in [-0.25, -0.2) is 4.68 Å². The third kappa shape index (κ3) is 4.27. The molecule has 2 rings (SSSR count). The summed E-state index contributed by atoms with van der Waals surface area (Å²) in [6, 6.07) is 6.26. The molecule has 0 aliphatic heterocycles. The van der Waals surface area contributed by atoms with Crippen molar-refractivity contribution in [2.24, 2.45) is 7.05 Å². The Hall–Kier alpha value is -0.960. The molecule has 0 amide bonds. The first-order chi connectivity index (χ1) is 9.70. The lowest BCUT2D eigenvalue weighted by Gasteiger charge is -2.07. The van der Waals surface area contributed by atoms with Gasteiger partial charge in [0.2, 0.25) is 5.16 Å². The predicted molar refractivity (Wildman–Crippen MR) is 80.6 cm³/mol. The molecule has 1 aromatic heterocycles. The molecule has 108 valence electrons. The van der Waals surface area contributed by atoms with Crippen LogP contribution in [0.2, 0.25) is 0 Å². The molecule has 20 heavy (non-hydrogen) atoms. The van der Waals surface area contributed by atoms with E-state index >= 15 is 0 Å². The summed E-state index contributed by atoms with van der Waals surface area (Å²) in [5.74, 6) is 0. The van der Waals surface area contributed by atoms with Crippen LogP contribution in [-0.2, 0) is 18.3 Å². The van der Waals surface area contributed by atoms with Crippen molar-refractivity contribution >= 4 is 27.7 Å². The van der Waals surface area contributed by atoms with Crippen LogP contribution in [0.1, 0.15) is 5.56 Å². The fraction of sp³-hybridized carbons (Fsp3) is 0.417. The lowest BCUT2D eigenvalue weighted by atomic mass is 10.2. The summed E-state index contributed by atoms with van der Waals surface area (Å²) in [7, 11) is 3.52. The van der Waals surface area contributed by atoms with Gasteiger partial charge in [-0.2, -0.15) is 0 Å². The highest BCUT2D eigenvalue weighted by Gasteiger charge is 2.08. The zero-order valence-corrected chi connectivity index (χ0v) is 13.7. The largest absolute Gasteiger partial charge is 0.383 e. The number of benzene rings is 1. The van der Waals surface area contributed by atoms with Crippen molar-refractivity contribution < 1.29 is 4.74 Å². The Bertz CT molecular complexity index is 563. The molecule has 6 nitrogen and oxygen atoms in total. The number of nitrogens with one attached hydrogen (secondary N) is 1. The molecule has 0 radical (unpaired) electrons. The van der Waals surface area contributed by atoms with E-state index in [-0.39, 0.29) is 0 Å². The maximum atomic E-state index is 5.00. The van der Waals surface area contributed by atoms with Gasteiger partial charge >= 0.3 is 0 Å². The Morgan fingerprint density at radius 1 is 1.45 bits per heavy atom. The SMILES string of the molecule is COCCNCc1ccc(Sc2nnnn2C)c(Br)c1. The summed E-state index contributed by atoms with van der Waals surface area (Å²) in [4.78, 5) is 1.09. The average Bonchev–Trinajstić information content (AvgIpc) is 2.83. The molecule has 0 saturated carbocycles. The number of methoxy groups -OCH3 is 1. The van der Waals surface area contributed by atoms with Crippen molar-refractivity contribution in [3.63, 3.8) is 0 Å². The van der Waals surface area contributed by atoms with Crippen LogP contribution in [0.15, 0.2) is 32.7 Å². The van der Waals surface area contributed by atoms with Crippen LogP contribution in [0.5, 0.6) is 0 Å². The van der Waals surface area contributed by atoms with Gasteiger partial charge < -0.3 is 10.1 Å². The number of ether oxygens (including phenoxy) is 1. The summed E-state index contributed by atoms with van der Waals surface area (Å²) >= 11 is 5.12. The number of halogens is 1. The maximum Gasteiger partial charge on any atom is 0.213 e. The second-order valence-electron chi connectivity index (χ2n) is 4.12. The van der Waals surface area contributed by atoms with Crippen molar-refractivity contribution in [1.82, 2.24) is 25.5 Å². The van der Waals surface area contributed by atoms with Crippen molar-refractivity contribution in [3.8, 4) is 0 Å². The van der Waals surface area contributed by atoms with E-state index in [1.807, 2.05) is 7.05 Å². The molecule has 1 aromatic carbocycles. The minimum absolute atomic E-state index is 0.717. The van der Waals surface area contributed by atoms with E-state index in [2.05, 4.69) is 55.0 Å². The molecule has 0 fully saturated rings. The molecule has 1 heterocycles. The normalized spacial score (nSPS) is 10.9. The van der Waals surface area contributed by atoms with Gasteiger partial charge in [0, 0.05) is 36.6 Å². The van der Waals surface area contributed by atoms with Crippen LogP contribution >= 0.6 is 27.7 Å². The van der Waals surface area contributed by atoms with Gasteiger partial charge in [0.1, 0.15) is 0 Å². The summed E-state index contributed by atoms with van der Waals surface area (Å²) in [5, 5.41) is 15.5. The lowest BCUT2D eigenvalue weighted by Crippen LogP contribution is -2.18. The molecule has 0 atom stereocenters. The topological polar surface area (TPSA) is 64.9 Å². The van der Waals surface area contributed by atoms with Crippen LogP contribution in [0.3, 0.4) is 0 Å². The quantitative estimate of drug-likeness (QED) is 0.763. The smallest absolute Gasteiger partial charge is 0.213 e. The van der Waals surface area contributed by atoms with Crippen molar-refractivity contribution in [2.45, 2.75) is 16.6 Å². The lowest BCUT2D eigenvalue weighted by molar-refractivity contribution is 0.199. The van der Waals surface area contributed by atoms with Gasteiger partial charge in [0.05, 0.1) is 6.61 Å². The van der Waals surface area contributed by atoms with Gasteiger partial charge in [0.15, 0.2) is 0 Å². The highest BCUT2D eigenvalue weighted by molar-refractivity contribution is 9.10. The van der Waals surface area contributed by atoms with Crippen LogP contribution in [0, 0.1) is 0 Å². The first-order valence-electron chi connectivity index (χ1n) is 6.09. The molecule has 0 aliphatic rings. The zero-order valence-electron chi connectivity index (χ0n) is 11.3. The van der Waals surface area contributed by atoms with Gasteiger partial charge in [-0.05, 0) is 55.8 Å². The van der Waals surface area contributed by atoms with Crippen LogP contribution in [-0.4, -0.2) is 40.5 Å². The van der Waals surface area contributed by atoms with Gasteiger partial charge in [0.25, 0.3) is 0 Å². The van der Waals surface area contributed by atoms with E-state index in [1.165, 1.54) is 17.3 Å². The number of hydrogen-bond acceptors (Lipinski definition) is 6. The number of rotatable bonds is 7. The highest BCUT2D eigenvalue weighted by Crippen LogP contribution is 2.32. The van der Waals surface area contributed by atoms with Crippen molar-refractivity contribution in [3.05, 3.63) is 28.2 Å². The monoisotopic (exact) mass is 357 g/mol. The fourth-order valence-electron chi connectivity index (χ4n) is 1.55. The molecule has 2 aromatic rings. The highest BCUT2D eigenvalue weighted by atomic mass is 79.9. The second-order valence-corrected chi connectivity index (χ2v) is 5.98. The van der Waals surface area contributed by atoms with Gasteiger partial charge in [-0.1, -0.05) is 6.07 Å². The molecule has 8 heteroatoms. The number of nitrogens with zero attached hydrogens (tertiary/aromatic N) is 4. The number of aryl methyl sites for hydroxylation is 1. The Labute approximate surface area is 130 Å². The summed E-state index contributed by atoms with van der Waals surface area (Å²) < 4.78 is 7.68. The van der Waals surface area contributed by atoms with Crippen LogP contribution < -0.4 is 5.32 Å². The molecule has 0 aliphatic carbocycles. The van der Waals surface area contributed by atoms with E-state index in [4.69, 9.17) is 4.74 Å². The van der Waals surface area contributed by atoms with E-state index in [9.17, 15) is 0 Å². The van der Waals surface area contributed by atoms with Crippen LogP contribution in [0.25, 0.3) is 0 Å². The van der Waals surface area contributed by atoms with E-state index < -0.39 is 0 Å². The minimum Gasteiger partial charge on any atom is -0.383 e. The Morgan fingerprint density at radius 2 is 2.30 bits per heavy atom. The molecule has 0 bridgehead atoms. The Morgan fingerprint density at radius 3 is 2.95 bits per heavy atom. The van der Waals surface area contributed by atoms with E-state index in [0.29, 0.717) is 6.61 Å². The van der Waals surface area contributed by atoms with Crippen molar-refractivity contribution in [2.75, 3.05) is 20.3 Å². The summed E-state index contributed by atoms with van der Waals surface area (Å²) in [6.07, 6.45) is 0. The molecule has 0 unspecified atom stereocenters. The van der Waals surface area contributed by atoms with E-state index in [0.717, 1.165) is 27.6 Å². The first kappa shape index (κ1) is 15.4. The molecule has 0 saturated heterocycles. The number of tetrazole rings is 1. The van der Waals surface area contributed by atoms with Gasteiger partial charge in [-0.3, -0.25) is 0 Å². The molecular formula is C12H16BrN5OS. The van der Waals surface area contributed by atoms with Crippen molar-refractivity contribution in [1.29, 1.82) is 0 Å². The van der Waals surface area contributed by atoms with Crippen LogP contribution in [0.4, 0.5) is 0 Å². The molecule has 0 spiro atoms. The molecular weight excluding hydrogens is 342 g/mol. The summed E-state index contributed by atoms with van der Waals surface area (Å²) in [6.45, 7) is 2.38. The van der Waals surface area contributed by atoms with Gasteiger partial charge in [-0.15, -0.1) is 5.10 Å². The zero-order chi connectivity index (χ0) is 14.4. The average molecular weight is 358 g/mol. The molecule has 1 N–H and O–H groups in total. The standard InChI is InChI=1S/C12H16BrN5OS/c1-18-12(15-16-17-18)20-11-4-3-9(7-10(11)13)8-14-5-6-19-2/h3-4,7,14H,5-6,8H2,1-2H3. The second kappa shape index (κ2) is 7.72. The minimum atomic E-state index is 0.717. The predicted octanol–water partition coefficient (Wildman–Crippen LogP) is 1.86. The third-order valence-corrected chi connectivity index (χ3v) is 4.61. The first-order valence-corrected chi connectivity index (χ1v) is 7.70. The maximum absolute atomic E-state index is 5.00. The summed E-state index contributed by atoms with van der Waals surface area (Å²) in [5.41, 5.74) is 1.22.